The zero-order valence-electron chi connectivity index (χ0n) is 7.79. The Balaban J connectivity index is 2.07. The molecular weight excluding hydrogens is 248 g/mol. The second-order valence-corrected chi connectivity index (χ2v) is 4.11. The Bertz CT molecular complexity index is 346. The van der Waals surface area contributed by atoms with Crippen LogP contribution in [0.4, 0.5) is 0 Å². The normalized spacial score (nSPS) is 16.4. The van der Waals surface area contributed by atoms with E-state index < -0.39 is 0 Å². The summed E-state index contributed by atoms with van der Waals surface area (Å²) in [6, 6.07) is 3.70. The van der Waals surface area contributed by atoms with Crippen LogP contribution >= 0.6 is 15.9 Å². The van der Waals surface area contributed by atoms with Gasteiger partial charge in [-0.1, -0.05) is 0 Å². The number of hydrogen-bond donors (Lipinski definition) is 1. The SMILES string of the molecule is CN(C(=O)c1ccc(Br)o1)C1CNC1. The van der Waals surface area contributed by atoms with Gasteiger partial charge in [-0.3, -0.25) is 4.79 Å². The second-order valence-electron chi connectivity index (χ2n) is 3.33. The first kappa shape index (κ1) is 9.73. The first-order valence-corrected chi connectivity index (χ1v) is 5.21. The fraction of sp³-hybridized carbons (Fsp3) is 0.444. The van der Waals surface area contributed by atoms with Crippen molar-refractivity contribution in [2.45, 2.75) is 6.04 Å². The Hall–Kier alpha value is -0.810. The molecule has 0 spiro atoms. The summed E-state index contributed by atoms with van der Waals surface area (Å²) in [5.41, 5.74) is 0. The van der Waals surface area contributed by atoms with Crippen molar-refractivity contribution in [1.82, 2.24) is 10.2 Å². The molecule has 1 amide bonds. The number of hydrogen-bond acceptors (Lipinski definition) is 3. The number of carbonyl (C=O) groups excluding carboxylic acids is 1. The molecule has 14 heavy (non-hydrogen) atoms. The maximum Gasteiger partial charge on any atom is 0.289 e. The molecule has 2 heterocycles. The van der Waals surface area contributed by atoms with Gasteiger partial charge in [-0.2, -0.15) is 0 Å². The van der Waals surface area contributed by atoms with Gasteiger partial charge < -0.3 is 14.6 Å². The van der Waals surface area contributed by atoms with Gasteiger partial charge >= 0.3 is 0 Å². The van der Waals surface area contributed by atoms with Crippen LogP contribution in [-0.2, 0) is 0 Å². The topological polar surface area (TPSA) is 45.5 Å². The van der Waals surface area contributed by atoms with Crippen molar-refractivity contribution in [3.05, 3.63) is 22.6 Å². The number of amides is 1. The minimum atomic E-state index is -0.0674. The third kappa shape index (κ3) is 1.69. The molecule has 1 N–H and O–H groups in total. The third-order valence-electron chi connectivity index (χ3n) is 2.41. The van der Waals surface area contributed by atoms with E-state index in [1.54, 1.807) is 24.1 Å². The molecule has 2 rings (SSSR count). The third-order valence-corrected chi connectivity index (χ3v) is 2.84. The summed E-state index contributed by atoms with van der Waals surface area (Å²) >= 11 is 3.17. The van der Waals surface area contributed by atoms with E-state index >= 15 is 0 Å². The second kappa shape index (κ2) is 3.74. The fourth-order valence-electron chi connectivity index (χ4n) is 1.32. The summed E-state index contributed by atoms with van der Waals surface area (Å²) in [5.74, 6) is 0.313. The summed E-state index contributed by atoms with van der Waals surface area (Å²) < 4.78 is 5.77. The van der Waals surface area contributed by atoms with Crippen LogP contribution in [-0.4, -0.2) is 37.0 Å². The highest BCUT2D eigenvalue weighted by Crippen LogP contribution is 2.16. The number of nitrogens with zero attached hydrogens (tertiary/aromatic N) is 1. The van der Waals surface area contributed by atoms with Crippen molar-refractivity contribution in [3.8, 4) is 0 Å². The quantitative estimate of drug-likeness (QED) is 0.864. The van der Waals surface area contributed by atoms with E-state index in [2.05, 4.69) is 21.2 Å². The molecule has 0 radical (unpaired) electrons. The van der Waals surface area contributed by atoms with E-state index in [4.69, 9.17) is 4.42 Å². The molecule has 0 aliphatic carbocycles. The number of nitrogens with one attached hydrogen (secondary N) is 1. The van der Waals surface area contributed by atoms with Gasteiger partial charge in [0, 0.05) is 20.1 Å². The van der Waals surface area contributed by atoms with E-state index in [9.17, 15) is 4.79 Å². The Kier molecular flexibility index (Phi) is 2.60. The minimum absolute atomic E-state index is 0.0674. The van der Waals surface area contributed by atoms with Gasteiger partial charge in [-0.05, 0) is 28.1 Å². The van der Waals surface area contributed by atoms with Crippen molar-refractivity contribution >= 4 is 21.8 Å². The van der Waals surface area contributed by atoms with Gasteiger partial charge in [0.05, 0.1) is 6.04 Å². The molecule has 1 saturated heterocycles. The predicted molar refractivity (Wildman–Crippen MR) is 55.2 cm³/mol. The monoisotopic (exact) mass is 258 g/mol. The number of likely N-dealkylation sites (N-methyl/N-ethyl adjacent to an activating group) is 1. The standard InChI is InChI=1S/C9H11BrN2O2/c1-12(6-4-11-5-6)9(13)7-2-3-8(10)14-7/h2-3,6,11H,4-5H2,1H3. The molecule has 4 nitrogen and oxygen atoms in total. The smallest absolute Gasteiger partial charge is 0.289 e. The molecule has 1 fully saturated rings. The number of furan rings is 1. The van der Waals surface area contributed by atoms with Crippen molar-refractivity contribution < 1.29 is 9.21 Å². The van der Waals surface area contributed by atoms with Crippen LogP contribution in [0.2, 0.25) is 0 Å². The van der Waals surface area contributed by atoms with E-state index in [-0.39, 0.29) is 5.91 Å². The van der Waals surface area contributed by atoms with E-state index in [1.807, 2.05) is 0 Å². The summed E-state index contributed by atoms with van der Waals surface area (Å²) in [6.07, 6.45) is 0. The molecule has 0 unspecified atom stereocenters. The fourth-order valence-corrected chi connectivity index (χ4v) is 1.62. The highest BCUT2D eigenvalue weighted by Gasteiger charge is 2.27. The lowest BCUT2D eigenvalue weighted by Gasteiger charge is -2.35. The molecule has 0 atom stereocenters. The number of carbonyl (C=O) groups is 1. The van der Waals surface area contributed by atoms with Crippen molar-refractivity contribution in [2.75, 3.05) is 20.1 Å². The summed E-state index contributed by atoms with van der Waals surface area (Å²) in [4.78, 5) is 13.5. The van der Waals surface area contributed by atoms with Crippen molar-refractivity contribution in [1.29, 1.82) is 0 Å². The molecule has 0 aromatic carbocycles. The van der Waals surface area contributed by atoms with Crippen LogP contribution in [0, 0.1) is 0 Å². The molecule has 5 heteroatoms. The largest absolute Gasteiger partial charge is 0.444 e. The van der Waals surface area contributed by atoms with Crippen LogP contribution in [0.25, 0.3) is 0 Å². The molecule has 0 bridgehead atoms. The number of rotatable bonds is 2. The van der Waals surface area contributed by atoms with Crippen LogP contribution in [0.3, 0.4) is 0 Å². The number of halogens is 1. The van der Waals surface area contributed by atoms with Gasteiger partial charge in [0.1, 0.15) is 0 Å². The molecule has 1 aliphatic rings. The molecule has 76 valence electrons. The molecule has 1 aromatic rings. The van der Waals surface area contributed by atoms with E-state index in [0.29, 0.717) is 16.5 Å². The summed E-state index contributed by atoms with van der Waals surface area (Å²) in [7, 11) is 1.80. The Labute approximate surface area is 90.4 Å². The highest BCUT2D eigenvalue weighted by molar-refractivity contribution is 9.10. The molecule has 1 aliphatic heterocycles. The lowest BCUT2D eigenvalue weighted by Crippen LogP contribution is -2.57. The molecule has 0 saturated carbocycles. The van der Waals surface area contributed by atoms with Gasteiger partial charge in [0.25, 0.3) is 5.91 Å². The van der Waals surface area contributed by atoms with Crippen LogP contribution in [0.5, 0.6) is 0 Å². The van der Waals surface area contributed by atoms with Crippen molar-refractivity contribution in [3.63, 3.8) is 0 Å². The maximum absolute atomic E-state index is 11.8. The van der Waals surface area contributed by atoms with Crippen molar-refractivity contribution in [2.24, 2.45) is 0 Å². The van der Waals surface area contributed by atoms with Gasteiger partial charge in [-0.15, -0.1) is 0 Å². The molecular formula is C9H11BrN2O2. The lowest BCUT2D eigenvalue weighted by atomic mass is 10.1. The lowest BCUT2D eigenvalue weighted by molar-refractivity contribution is 0.0647. The minimum Gasteiger partial charge on any atom is -0.444 e. The Morgan fingerprint density at radius 1 is 1.64 bits per heavy atom. The zero-order valence-corrected chi connectivity index (χ0v) is 9.37. The summed E-state index contributed by atoms with van der Waals surface area (Å²) in [6.45, 7) is 1.73. The Morgan fingerprint density at radius 3 is 2.79 bits per heavy atom. The van der Waals surface area contributed by atoms with Gasteiger partial charge in [0.2, 0.25) is 0 Å². The van der Waals surface area contributed by atoms with E-state index in [0.717, 1.165) is 13.1 Å². The maximum atomic E-state index is 11.8. The zero-order chi connectivity index (χ0) is 10.1. The highest BCUT2D eigenvalue weighted by atomic mass is 79.9. The Morgan fingerprint density at radius 2 is 2.36 bits per heavy atom. The average Bonchev–Trinajstić information content (AvgIpc) is 2.47. The van der Waals surface area contributed by atoms with Gasteiger partial charge in [0.15, 0.2) is 10.4 Å². The molecule has 1 aromatic heterocycles. The van der Waals surface area contributed by atoms with Crippen LogP contribution in [0.1, 0.15) is 10.6 Å². The predicted octanol–water partition coefficient (Wildman–Crippen LogP) is 1.09. The van der Waals surface area contributed by atoms with Crippen LogP contribution in [0.15, 0.2) is 21.2 Å². The first-order chi connectivity index (χ1) is 6.68. The first-order valence-electron chi connectivity index (χ1n) is 4.41. The van der Waals surface area contributed by atoms with Gasteiger partial charge in [-0.25, -0.2) is 0 Å². The summed E-state index contributed by atoms with van der Waals surface area (Å²) in [5, 5.41) is 3.12. The average molecular weight is 259 g/mol. The van der Waals surface area contributed by atoms with Crippen LogP contribution < -0.4 is 5.32 Å². The van der Waals surface area contributed by atoms with E-state index in [1.165, 1.54) is 0 Å².